The normalized spacial score (nSPS) is 26.9. The van der Waals surface area contributed by atoms with Crippen LogP contribution in [0.1, 0.15) is 34.6 Å². The van der Waals surface area contributed by atoms with Crippen LogP contribution in [0.4, 0.5) is 0 Å². The minimum absolute atomic E-state index is 0.0451. The average Bonchev–Trinajstić information content (AvgIpc) is 3.16. The molecule has 1 saturated heterocycles. The van der Waals surface area contributed by atoms with Gasteiger partial charge in [0.25, 0.3) is 0 Å². The predicted molar refractivity (Wildman–Crippen MR) is 115 cm³/mol. The van der Waals surface area contributed by atoms with Crippen LogP contribution in [0.5, 0.6) is 5.75 Å². The van der Waals surface area contributed by atoms with Gasteiger partial charge in [0, 0.05) is 21.6 Å². The molecule has 0 unspecified atom stereocenters. The summed E-state index contributed by atoms with van der Waals surface area (Å²) in [5.41, 5.74) is 2.31. The highest BCUT2D eigenvalue weighted by molar-refractivity contribution is 7.19. The van der Waals surface area contributed by atoms with Crippen molar-refractivity contribution in [2.45, 2.75) is 50.3 Å². The van der Waals surface area contributed by atoms with Crippen molar-refractivity contribution in [1.29, 1.82) is 0 Å². The maximum absolute atomic E-state index is 10.6. The van der Waals surface area contributed by atoms with Crippen LogP contribution in [0.25, 0.3) is 10.1 Å². The summed E-state index contributed by atoms with van der Waals surface area (Å²) in [5, 5.41) is 51.9. The largest absolute Gasteiger partial charge is 0.508 e. The number of aliphatic hydroxyl groups excluding tert-OH is 4. The Balaban J connectivity index is 1.71. The first-order chi connectivity index (χ1) is 14.4. The molecule has 30 heavy (non-hydrogen) atoms. The van der Waals surface area contributed by atoms with Gasteiger partial charge in [0.05, 0.1) is 6.61 Å². The number of hydrogen-bond donors (Lipinski definition) is 5. The van der Waals surface area contributed by atoms with Gasteiger partial charge < -0.3 is 30.3 Å². The zero-order valence-corrected chi connectivity index (χ0v) is 17.4. The van der Waals surface area contributed by atoms with Crippen LogP contribution in [0, 0.1) is 0 Å². The minimum atomic E-state index is -1.49. The summed E-state index contributed by atoms with van der Waals surface area (Å²) in [6.07, 6.45) is -5.06. The van der Waals surface area contributed by atoms with E-state index in [1.165, 1.54) is 15.0 Å². The van der Waals surface area contributed by atoms with Gasteiger partial charge in [0.2, 0.25) is 0 Å². The van der Waals surface area contributed by atoms with E-state index in [2.05, 4.69) is 18.2 Å². The Morgan fingerprint density at radius 2 is 1.73 bits per heavy atom. The number of benzene rings is 2. The van der Waals surface area contributed by atoms with E-state index < -0.39 is 37.1 Å². The molecule has 2 aromatic carbocycles. The van der Waals surface area contributed by atoms with E-state index in [4.69, 9.17) is 4.74 Å². The second-order valence-electron chi connectivity index (χ2n) is 7.71. The lowest BCUT2D eigenvalue weighted by atomic mass is 9.88. The van der Waals surface area contributed by atoms with E-state index in [0.29, 0.717) is 12.0 Å². The molecule has 0 bridgehead atoms. The molecule has 0 radical (unpaired) electrons. The summed E-state index contributed by atoms with van der Waals surface area (Å²) in [7, 11) is 0. The number of phenolic OH excluding ortho intramolecular Hbond substituents is 1. The molecule has 0 spiro atoms. The fraction of sp³-hybridized carbons (Fsp3) is 0.391. The molecule has 5 atom stereocenters. The van der Waals surface area contributed by atoms with Gasteiger partial charge in [-0.1, -0.05) is 25.1 Å². The smallest absolute Gasteiger partial charge is 0.121 e. The highest BCUT2D eigenvalue weighted by Gasteiger charge is 2.44. The molecule has 3 aromatic rings. The second-order valence-corrected chi connectivity index (χ2v) is 8.88. The van der Waals surface area contributed by atoms with Crippen molar-refractivity contribution in [3.8, 4) is 5.75 Å². The summed E-state index contributed by atoms with van der Waals surface area (Å²) in [5.74, 6) is -0.0451. The minimum Gasteiger partial charge on any atom is -0.508 e. The third-order valence-corrected chi connectivity index (χ3v) is 6.89. The molecular weight excluding hydrogens is 404 g/mol. The standard InChI is InChI=1S/C23H26O6S/c1-2-12-10-17(25)16(23-22(28)21(27)20(26)18(11-24)29-23)9-14(12)8-15-7-13-5-3-4-6-19(13)30-15/h3-7,9-10,18,20-28H,2,8,11H2,1H3/t18-,20-,21+,22-,23+/m1/s1. The van der Waals surface area contributed by atoms with Gasteiger partial charge in [-0.05, 0) is 47.2 Å². The molecule has 4 rings (SSSR count). The average molecular weight is 431 g/mol. The van der Waals surface area contributed by atoms with Crippen LogP contribution in [-0.2, 0) is 17.6 Å². The molecule has 160 valence electrons. The summed E-state index contributed by atoms with van der Waals surface area (Å²) >= 11 is 1.71. The Bertz CT molecular complexity index is 997. The lowest BCUT2D eigenvalue weighted by molar-refractivity contribution is -0.232. The van der Waals surface area contributed by atoms with Crippen LogP contribution in [0.3, 0.4) is 0 Å². The van der Waals surface area contributed by atoms with Gasteiger partial charge in [-0.25, -0.2) is 0 Å². The van der Waals surface area contributed by atoms with Crippen molar-refractivity contribution < 1.29 is 30.3 Å². The van der Waals surface area contributed by atoms with Crippen LogP contribution in [-0.4, -0.2) is 56.6 Å². The molecule has 1 aliphatic rings. The fourth-order valence-corrected chi connectivity index (χ4v) is 5.17. The molecule has 1 fully saturated rings. The first kappa shape index (κ1) is 21.2. The molecule has 5 N–H and O–H groups in total. The van der Waals surface area contributed by atoms with Gasteiger partial charge in [-0.2, -0.15) is 0 Å². The Morgan fingerprint density at radius 1 is 0.967 bits per heavy atom. The summed E-state index contributed by atoms with van der Waals surface area (Å²) in [4.78, 5) is 1.18. The zero-order valence-electron chi connectivity index (χ0n) is 16.6. The van der Waals surface area contributed by atoms with Crippen molar-refractivity contribution in [1.82, 2.24) is 0 Å². The SMILES string of the molecule is CCc1cc(O)c([C@@H]2O[C@H](CO)[C@@H](O)[C@H](O)[C@H]2O)cc1Cc1cc2ccccc2s1. The number of rotatable bonds is 5. The molecule has 0 aliphatic carbocycles. The molecule has 0 amide bonds. The van der Waals surface area contributed by atoms with Gasteiger partial charge in [0.15, 0.2) is 0 Å². The molecule has 6 nitrogen and oxygen atoms in total. The number of hydrogen-bond acceptors (Lipinski definition) is 7. The van der Waals surface area contributed by atoms with Gasteiger partial charge in [-0.3, -0.25) is 0 Å². The Kier molecular flexibility index (Phi) is 6.11. The Labute approximate surface area is 178 Å². The first-order valence-electron chi connectivity index (χ1n) is 10.1. The highest BCUT2D eigenvalue weighted by Crippen LogP contribution is 2.39. The van der Waals surface area contributed by atoms with Crippen LogP contribution >= 0.6 is 11.3 Å². The Hall–Kier alpha value is -2.00. The number of fused-ring (bicyclic) bond motifs is 1. The summed E-state index contributed by atoms with van der Waals surface area (Å²) in [6, 6.07) is 13.8. The van der Waals surface area contributed by atoms with E-state index >= 15 is 0 Å². The van der Waals surface area contributed by atoms with Crippen molar-refractivity contribution in [3.63, 3.8) is 0 Å². The maximum atomic E-state index is 10.6. The van der Waals surface area contributed by atoms with Crippen molar-refractivity contribution in [2.75, 3.05) is 6.61 Å². The first-order valence-corrected chi connectivity index (χ1v) is 10.9. The highest BCUT2D eigenvalue weighted by atomic mass is 32.1. The van der Waals surface area contributed by atoms with Crippen LogP contribution in [0.2, 0.25) is 0 Å². The van der Waals surface area contributed by atoms with Gasteiger partial charge >= 0.3 is 0 Å². The molecule has 1 aliphatic heterocycles. The maximum Gasteiger partial charge on any atom is 0.121 e. The van der Waals surface area contributed by atoms with Gasteiger partial charge in [-0.15, -0.1) is 11.3 Å². The third kappa shape index (κ3) is 3.85. The van der Waals surface area contributed by atoms with Crippen LogP contribution < -0.4 is 0 Å². The zero-order chi connectivity index (χ0) is 21.4. The third-order valence-electron chi connectivity index (χ3n) is 5.77. The second kappa shape index (κ2) is 8.63. The lowest BCUT2D eigenvalue weighted by Crippen LogP contribution is -2.55. The van der Waals surface area contributed by atoms with E-state index in [1.54, 1.807) is 23.5 Å². The Morgan fingerprint density at radius 3 is 2.43 bits per heavy atom. The topological polar surface area (TPSA) is 110 Å². The van der Waals surface area contributed by atoms with Crippen molar-refractivity contribution in [3.05, 3.63) is 64.0 Å². The predicted octanol–water partition coefficient (Wildman–Crippen LogP) is 2.27. The summed E-state index contributed by atoms with van der Waals surface area (Å²) in [6.45, 7) is 1.50. The number of ether oxygens (including phenoxy) is 1. The van der Waals surface area contributed by atoms with Crippen molar-refractivity contribution in [2.24, 2.45) is 0 Å². The summed E-state index contributed by atoms with van der Waals surface area (Å²) < 4.78 is 6.86. The number of aliphatic hydroxyl groups is 4. The molecule has 7 heteroatoms. The van der Waals surface area contributed by atoms with Crippen LogP contribution in [0.15, 0.2) is 42.5 Å². The number of phenols is 1. The van der Waals surface area contributed by atoms with E-state index in [-0.39, 0.29) is 5.75 Å². The van der Waals surface area contributed by atoms with Gasteiger partial charge in [0.1, 0.15) is 36.3 Å². The monoisotopic (exact) mass is 430 g/mol. The van der Waals surface area contributed by atoms with Crippen molar-refractivity contribution >= 4 is 21.4 Å². The number of aryl methyl sites for hydroxylation is 1. The molecule has 0 saturated carbocycles. The quantitative estimate of drug-likeness (QED) is 0.425. The lowest BCUT2D eigenvalue weighted by Gasteiger charge is -2.40. The van der Waals surface area contributed by atoms with E-state index in [9.17, 15) is 25.5 Å². The number of thiophene rings is 1. The number of aromatic hydroxyl groups is 1. The molecule has 1 aromatic heterocycles. The van der Waals surface area contributed by atoms with E-state index in [1.807, 2.05) is 19.1 Å². The van der Waals surface area contributed by atoms with E-state index in [0.717, 1.165) is 17.5 Å². The molecular formula is C23H26O6S. The fourth-order valence-electron chi connectivity index (χ4n) is 4.09. The molecule has 2 heterocycles.